The first kappa shape index (κ1) is 16.6. The molecule has 4 rings (SSSR count). The number of nitrogens with one attached hydrogen (secondary N) is 1. The molecule has 1 saturated heterocycles. The van der Waals surface area contributed by atoms with Gasteiger partial charge in [0.1, 0.15) is 9.71 Å². The lowest BCUT2D eigenvalue weighted by atomic mass is 10.1. The number of carbonyl (C=O) groups excluding carboxylic acids is 1. The number of anilines is 2. The van der Waals surface area contributed by atoms with Crippen molar-refractivity contribution in [1.29, 1.82) is 0 Å². The quantitative estimate of drug-likeness (QED) is 0.683. The van der Waals surface area contributed by atoms with Crippen molar-refractivity contribution in [2.45, 2.75) is 19.9 Å². The third kappa shape index (κ3) is 2.64. The molecule has 0 unspecified atom stereocenters. The number of nitrogens with zero attached hydrogens (tertiary/aromatic N) is 4. The van der Waals surface area contributed by atoms with Crippen molar-refractivity contribution in [2.75, 3.05) is 23.7 Å². The van der Waals surface area contributed by atoms with Crippen LogP contribution in [0.1, 0.15) is 20.9 Å². The molecule has 0 spiro atoms. The minimum atomic E-state index is -0.504. The molecule has 9 heteroatoms. The summed E-state index contributed by atoms with van der Waals surface area (Å²) in [6, 6.07) is 3.29. The van der Waals surface area contributed by atoms with Crippen molar-refractivity contribution in [3.8, 4) is 0 Å². The fraction of sp³-hybridized carbons (Fsp3) is 0.294. The molecule has 0 radical (unpaired) electrons. The second-order valence-corrected chi connectivity index (χ2v) is 7.32. The van der Waals surface area contributed by atoms with Gasteiger partial charge in [0.25, 0.3) is 5.91 Å². The average molecular weight is 372 g/mol. The van der Waals surface area contributed by atoms with Crippen molar-refractivity contribution in [3.05, 3.63) is 40.4 Å². The lowest BCUT2D eigenvalue weighted by molar-refractivity contribution is 0.0935. The summed E-state index contributed by atoms with van der Waals surface area (Å²) >= 11 is 1.24. The predicted molar refractivity (Wildman–Crippen MR) is 99.0 cm³/mol. The van der Waals surface area contributed by atoms with E-state index in [4.69, 9.17) is 5.73 Å². The molecule has 3 aromatic heterocycles. The summed E-state index contributed by atoms with van der Waals surface area (Å²) in [7, 11) is 0. The van der Waals surface area contributed by atoms with Gasteiger partial charge in [-0.25, -0.2) is 4.98 Å². The first-order valence-electron chi connectivity index (χ1n) is 8.14. The first-order chi connectivity index (χ1) is 12.5. The van der Waals surface area contributed by atoms with Crippen LogP contribution in [0.4, 0.5) is 15.8 Å². The zero-order valence-corrected chi connectivity index (χ0v) is 15.1. The number of fused-ring (bicyclic) bond motifs is 1. The summed E-state index contributed by atoms with van der Waals surface area (Å²) in [5, 5.41) is 12.0. The van der Waals surface area contributed by atoms with Crippen molar-refractivity contribution in [3.63, 3.8) is 0 Å². The maximum atomic E-state index is 13.7. The van der Waals surface area contributed by atoms with E-state index in [9.17, 15) is 9.18 Å². The molecule has 1 fully saturated rings. The number of amides is 1. The number of thiophene rings is 1. The number of halogens is 1. The zero-order chi connectivity index (χ0) is 18.4. The molecule has 0 aliphatic carbocycles. The fourth-order valence-electron chi connectivity index (χ4n) is 3.04. The van der Waals surface area contributed by atoms with Gasteiger partial charge < -0.3 is 16.0 Å². The van der Waals surface area contributed by atoms with E-state index in [0.717, 1.165) is 16.6 Å². The number of carbonyl (C=O) groups is 1. The average Bonchev–Trinajstić information content (AvgIpc) is 2.92. The van der Waals surface area contributed by atoms with E-state index in [1.54, 1.807) is 12.1 Å². The third-order valence-corrected chi connectivity index (χ3v) is 5.73. The largest absolute Gasteiger partial charge is 0.397 e. The highest BCUT2D eigenvalue weighted by Gasteiger charge is 2.31. The van der Waals surface area contributed by atoms with Gasteiger partial charge >= 0.3 is 0 Å². The highest BCUT2D eigenvalue weighted by molar-refractivity contribution is 7.21. The summed E-state index contributed by atoms with van der Waals surface area (Å²) in [5.41, 5.74) is 8.81. The summed E-state index contributed by atoms with van der Waals surface area (Å²) < 4.78 is 13.7. The lowest BCUT2D eigenvalue weighted by Crippen LogP contribution is -2.59. The Labute approximate surface area is 153 Å². The van der Waals surface area contributed by atoms with E-state index in [1.165, 1.54) is 17.5 Å². The van der Waals surface area contributed by atoms with Crippen LogP contribution in [0.2, 0.25) is 0 Å². The minimum absolute atomic E-state index is 0.0689. The summed E-state index contributed by atoms with van der Waals surface area (Å²) in [6.45, 7) is 4.83. The Morgan fingerprint density at radius 3 is 2.88 bits per heavy atom. The highest BCUT2D eigenvalue weighted by Crippen LogP contribution is 2.35. The second-order valence-electron chi connectivity index (χ2n) is 6.32. The van der Waals surface area contributed by atoms with Crippen LogP contribution in [-0.2, 0) is 0 Å². The SMILES string of the molecule is Cc1nnc2sc(C(=O)NC3CN(c4cccnc4F)C3)c(N)c2c1C. The fourth-order valence-corrected chi connectivity index (χ4v) is 4.04. The molecular formula is C17H17FN6OS. The number of hydrogen-bond acceptors (Lipinski definition) is 7. The molecule has 4 heterocycles. The highest BCUT2D eigenvalue weighted by atomic mass is 32.1. The molecule has 0 atom stereocenters. The van der Waals surface area contributed by atoms with Gasteiger partial charge in [-0.3, -0.25) is 4.79 Å². The van der Waals surface area contributed by atoms with Gasteiger partial charge in [-0.05, 0) is 31.5 Å². The molecule has 0 saturated carbocycles. The molecule has 7 nitrogen and oxygen atoms in total. The Bertz CT molecular complexity index is 1010. The standard InChI is InChI=1S/C17H17FN6OS/c1-8-9(2)22-23-17-12(8)13(19)14(26-17)16(25)21-10-6-24(7-10)11-4-3-5-20-15(11)18/h3-5,10H,6-7,19H2,1-2H3,(H,21,25). The van der Waals surface area contributed by atoms with Crippen molar-refractivity contribution < 1.29 is 9.18 Å². The van der Waals surface area contributed by atoms with Crippen LogP contribution in [-0.4, -0.2) is 40.2 Å². The molecule has 3 N–H and O–H groups in total. The number of nitrogen functional groups attached to an aromatic ring is 1. The minimum Gasteiger partial charge on any atom is -0.397 e. The van der Waals surface area contributed by atoms with E-state index in [1.807, 2.05) is 18.7 Å². The van der Waals surface area contributed by atoms with Crippen molar-refractivity contribution >= 4 is 38.8 Å². The van der Waals surface area contributed by atoms with Gasteiger partial charge in [0, 0.05) is 24.7 Å². The topological polar surface area (TPSA) is 97.0 Å². The monoisotopic (exact) mass is 372 g/mol. The molecular weight excluding hydrogens is 355 g/mol. The van der Waals surface area contributed by atoms with Crippen LogP contribution >= 0.6 is 11.3 Å². The molecule has 0 aromatic carbocycles. The predicted octanol–water partition coefficient (Wildman–Crippen LogP) is 2.04. The van der Waals surface area contributed by atoms with Crippen LogP contribution in [0, 0.1) is 19.8 Å². The normalized spacial score (nSPS) is 14.5. The van der Waals surface area contributed by atoms with Crippen LogP contribution in [0.3, 0.4) is 0 Å². The number of pyridine rings is 1. The molecule has 1 amide bonds. The van der Waals surface area contributed by atoms with E-state index in [2.05, 4.69) is 20.5 Å². The Morgan fingerprint density at radius 1 is 1.38 bits per heavy atom. The van der Waals surface area contributed by atoms with E-state index < -0.39 is 5.95 Å². The van der Waals surface area contributed by atoms with Crippen LogP contribution < -0.4 is 16.0 Å². The second kappa shape index (κ2) is 6.17. The maximum Gasteiger partial charge on any atom is 0.263 e. The smallest absolute Gasteiger partial charge is 0.263 e. The summed E-state index contributed by atoms with van der Waals surface area (Å²) in [4.78, 5) is 19.2. The Kier molecular flexibility index (Phi) is 3.95. The molecule has 3 aromatic rings. The Hall–Kier alpha value is -2.81. The molecule has 26 heavy (non-hydrogen) atoms. The van der Waals surface area contributed by atoms with Gasteiger partial charge in [-0.1, -0.05) is 0 Å². The third-order valence-electron chi connectivity index (χ3n) is 4.64. The van der Waals surface area contributed by atoms with E-state index >= 15 is 0 Å². The van der Waals surface area contributed by atoms with Gasteiger partial charge in [-0.15, -0.1) is 16.4 Å². The number of hydrogen-bond donors (Lipinski definition) is 2. The van der Waals surface area contributed by atoms with E-state index in [-0.39, 0.29) is 11.9 Å². The van der Waals surface area contributed by atoms with Gasteiger partial charge in [-0.2, -0.15) is 9.49 Å². The van der Waals surface area contributed by atoms with Crippen molar-refractivity contribution in [2.24, 2.45) is 0 Å². The van der Waals surface area contributed by atoms with Gasteiger partial charge in [0.15, 0.2) is 0 Å². The Morgan fingerprint density at radius 2 is 2.15 bits per heavy atom. The Balaban J connectivity index is 1.49. The van der Waals surface area contributed by atoms with Crippen LogP contribution in [0.5, 0.6) is 0 Å². The summed E-state index contributed by atoms with van der Waals surface area (Å²) in [5.74, 6) is -0.741. The van der Waals surface area contributed by atoms with E-state index in [0.29, 0.717) is 34.2 Å². The number of rotatable bonds is 3. The van der Waals surface area contributed by atoms with Gasteiger partial charge in [0.05, 0.1) is 23.1 Å². The maximum absolute atomic E-state index is 13.7. The molecule has 1 aliphatic rings. The van der Waals surface area contributed by atoms with Crippen LogP contribution in [0.15, 0.2) is 18.3 Å². The number of nitrogens with two attached hydrogens (primary N) is 1. The molecule has 134 valence electrons. The first-order valence-corrected chi connectivity index (χ1v) is 8.95. The zero-order valence-electron chi connectivity index (χ0n) is 14.3. The number of aryl methyl sites for hydroxylation is 2. The molecule has 0 bridgehead atoms. The van der Waals surface area contributed by atoms with Gasteiger partial charge in [0.2, 0.25) is 5.95 Å². The number of aromatic nitrogens is 3. The summed E-state index contributed by atoms with van der Waals surface area (Å²) in [6.07, 6.45) is 1.41. The lowest BCUT2D eigenvalue weighted by Gasteiger charge is -2.41. The molecule has 1 aliphatic heterocycles. The van der Waals surface area contributed by atoms with Crippen LogP contribution in [0.25, 0.3) is 10.2 Å². The van der Waals surface area contributed by atoms with Crippen molar-refractivity contribution in [1.82, 2.24) is 20.5 Å².